The van der Waals surface area contributed by atoms with Crippen molar-refractivity contribution in [3.8, 4) is 0 Å². The number of sulfonamides is 1. The molecule has 0 aliphatic carbocycles. The van der Waals surface area contributed by atoms with Gasteiger partial charge in [-0.15, -0.1) is 0 Å². The van der Waals surface area contributed by atoms with Gasteiger partial charge in [-0.2, -0.15) is 13.2 Å². The molecule has 1 aliphatic rings. The number of morpholine rings is 1. The zero-order valence-electron chi connectivity index (χ0n) is 16.4. The predicted octanol–water partition coefficient (Wildman–Crippen LogP) is 3.17. The Hall–Kier alpha value is -2.43. The summed E-state index contributed by atoms with van der Waals surface area (Å²) in [5.41, 5.74) is 0.122. The second kappa shape index (κ2) is 8.37. The van der Waals surface area contributed by atoms with E-state index < -0.39 is 27.9 Å². The number of hydrogen-bond acceptors (Lipinski definition) is 4. The number of halogens is 3. The Kier molecular flexibility index (Phi) is 6.21. The van der Waals surface area contributed by atoms with Gasteiger partial charge < -0.3 is 9.64 Å². The maximum Gasteiger partial charge on any atom is 0.416 e. The highest BCUT2D eigenvalue weighted by Crippen LogP contribution is 2.31. The summed E-state index contributed by atoms with van der Waals surface area (Å²) < 4.78 is 69.2. The lowest BCUT2D eigenvalue weighted by molar-refractivity contribution is -0.137. The smallest absolute Gasteiger partial charge is 0.370 e. The molecule has 2 aromatic carbocycles. The number of nitrogens with zero attached hydrogens (tertiary/aromatic N) is 2. The number of carbonyl (C=O) groups is 1. The van der Waals surface area contributed by atoms with Crippen molar-refractivity contribution in [2.24, 2.45) is 0 Å². The van der Waals surface area contributed by atoms with Crippen molar-refractivity contribution in [3.05, 3.63) is 65.2 Å². The lowest BCUT2D eigenvalue weighted by Crippen LogP contribution is -2.42. The van der Waals surface area contributed by atoms with Crippen molar-refractivity contribution in [3.63, 3.8) is 0 Å². The van der Waals surface area contributed by atoms with Gasteiger partial charge in [0.25, 0.3) is 5.91 Å². The van der Waals surface area contributed by atoms with Gasteiger partial charge in [0.15, 0.2) is 0 Å². The molecule has 0 unspecified atom stereocenters. The van der Waals surface area contributed by atoms with Gasteiger partial charge in [-0.1, -0.05) is 12.1 Å². The van der Waals surface area contributed by atoms with E-state index in [2.05, 4.69) is 0 Å². The molecule has 1 amide bonds. The second-order valence-corrected chi connectivity index (χ2v) is 9.19. The highest BCUT2D eigenvalue weighted by atomic mass is 32.2. The minimum absolute atomic E-state index is 0.0775. The number of alkyl halides is 3. The molecule has 0 saturated carbocycles. The van der Waals surface area contributed by atoms with E-state index in [-0.39, 0.29) is 24.0 Å². The summed E-state index contributed by atoms with van der Waals surface area (Å²) in [6.45, 7) is 0.750. The molecule has 10 heteroatoms. The maximum atomic E-state index is 12.8. The average Bonchev–Trinajstić information content (AvgIpc) is 2.73. The highest BCUT2D eigenvalue weighted by molar-refractivity contribution is 7.89. The molecule has 1 heterocycles. The molecule has 1 aliphatic heterocycles. The third-order valence-corrected chi connectivity index (χ3v) is 6.67. The summed E-state index contributed by atoms with van der Waals surface area (Å²) in [6, 6.07) is 10.3. The van der Waals surface area contributed by atoms with Crippen LogP contribution in [0.4, 0.5) is 13.2 Å². The van der Waals surface area contributed by atoms with Crippen LogP contribution >= 0.6 is 0 Å². The van der Waals surface area contributed by atoms with Crippen LogP contribution in [0.15, 0.2) is 53.4 Å². The lowest BCUT2D eigenvalue weighted by Gasteiger charge is -2.33. The van der Waals surface area contributed by atoms with E-state index in [1.54, 1.807) is 4.90 Å². The van der Waals surface area contributed by atoms with Crippen LogP contribution in [0.3, 0.4) is 0 Å². The van der Waals surface area contributed by atoms with Gasteiger partial charge in [0.2, 0.25) is 10.0 Å². The Morgan fingerprint density at radius 1 is 1.07 bits per heavy atom. The van der Waals surface area contributed by atoms with Gasteiger partial charge in [0, 0.05) is 26.2 Å². The van der Waals surface area contributed by atoms with Crippen LogP contribution in [0.2, 0.25) is 0 Å². The zero-order valence-corrected chi connectivity index (χ0v) is 17.2. The minimum atomic E-state index is -4.42. The molecular weight excluding hydrogens is 421 g/mol. The topological polar surface area (TPSA) is 66.9 Å². The molecule has 30 heavy (non-hydrogen) atoms. The third kappa shape index (κ3) is 4.66. The molecule has 6 nitrogen and oxygen atoms in total. The van der Waals surface area contributed by atoms with Crippen molar-refractivity contribution >= 4 is 15.9 Å². The summed E-state index contributed by atoms with van der Waals surface area (Å²) in [5, 5.41) is 0. The fourth-order valence-electron chi connectivity index (χ4n) is 3.09. The van der Waals surface area contributed by atoms with Crippen molar-refractivity contribution in [2.45, 2.75) is 17.2 Å². The number of benzene rings is 2. The van der Waals surface area contributed by atoms with Gasteiger partial charge in [-0.25, -0.2) is 12.7 Å². The Morgan fingerprint density at radius 2 is 1.67 bits per heavy atom. The van der Waals surface area contributed by atoms with Gasteiger partial charge >= 0.3 is 6.18 Å². The van der Waals surface area contributed by atoms with E-state index in [1.165, 1.54) is 50.5 Å². The molecule has 1 fully saturated rings. The van der Waals surface area contributed by atoms with Crippen LogP contribution in [0.25, 0.3) is 0 Å². The standard InChI is InChI=1S/C20H21F3N2O4S/c1-24(2)30(27,28)17-9-5-15(6-10-17)19(26)25-11-12-29-18(13-25)14-3-7-16(8-4-14)20(21,22)23/h3-10,18H,11-13H2,1-2H3/t18-/m0/s1. The zero-order chi connectivity index (χ0) is 22.1. The van der Waals surface area contributed by atoms with E-state index >= 15 is 0 Å². The molecule has 0 aromatic heterocycles. The van der Waals surface area contributed by atoms with Crippen molar-refractivity contribution in [1.82, 2.24) is 9.21 Å². The van der Waals surface area contributed by atoms with Gasteiger partial charge in [-0.3, -0.25) is 4.79 Å². The minimum Gasteiger partial charge on any atom is -0.370 e. The summed E-state index contributed by atoms with van der Waals surface area (Å²) in [6.07, 6.45) is -4.96. The first-order chi connectivity index (χ1) is 14.0. The van der Waals surface area contributed by atoms with Crippen LogP contribution in [-0.4, -0.2) is 57.3 Å². The quantitative estimate of drug-likeness (QED) is 0.730. The van der Waals surface area contributed by atoms with Crippen molar-refractivity contribution in [2.75, 3.05) is 33.8 Å². The molecule has 0 N–H and O–H groups in total. The summed E-state index contributed by atoms with van der Waals surface area (Å²) >= 11 is 0. The maximum absolute atomic E-state index is 12.8. The summed E-state index contributed by atoms with van der Waals surface area (Å²) in [4.78, 5) is 14.4. The molecule has 0 radical (unpaired) electrons. The number of amides is 1. The van der Waals surface area contributed by atoms with E-state index in [0.29, 0.717) is 17.7 Å². The van der Waals surface area contributed by atoms with Gasteiger partial charge in [0.1, 0.15) is 6.10 Å². The first-order valence-electron chi connectivity index (χ1n) is 9.11. The fraction of sp³-hybridized carbons (Fsp3) is 0.350. The Morgan fingerprint density at radius 3 is 2.20 bits per heavy atom. The lowest BCUT2D eigenvalue weighted by atomic mass is 10.0. The van der Waals surface area contributed by atoms with E-state index in [0.717, 1.165) is 16.4 Å². The average molecular weight is 442 g/mol. The van der Waals surface area contributed by atoms with Crippen LogP contribution in [0.5, 0.6) is 0 Å². The Labute approximate surface area is 172 Å². The van der Waals surface area contributed by atoms with Crippen molar-refractivity contribution in [1.29, 1.82) is 0 Å². The number of carbonyl (C=O) groups excluding carboxylic acids is 1. The predicted molar refractivity (Wildman–Crippen MR) is 103 cm³/mol. The van der Waals surface area contributed by atoms with E-state index in [9.17, 15) is 26.4 Å². The molecular formula is C20H21F3N2O4S. The van der Waals surface area contributed by atoms with Crippen LogP contribution < -0.4 is 0 Å². The first-order valence-corrected chi connectivity index (χ1v) is 10.5. The molecule has 3 rings (SSSR count). The van der Waals surface area contributed by atoms with Gasteiger partial charge in [0.05, 0.1) is 23.6 Å². The van der Waals surface area contributed by atoms with Crippen LogP contribution in [0.1, 0.15) is 27.6 Å². The first kappa shape index (κ1) is 22.3. The third-order valence-electron chi connectivity index (χ3n) is 4.84. The Bertz CT molecular complexity index is 1000. The molecule has 0 spiro atoms. The second-order valence-electron chi connectivity index (χ2n) is 7.04. The van der Waals surface area contributed by atoms with Gasteiger partial charge in [-0.05, 0) is 42.0 Å². The summed E-state index contributed by atoms with van der Waals surface area (Å²) in [5.74, 6) is -0.302. The monoisotopic (exact) mass is 442 g/mol. The summed E-state index contributed by atoms with van der Waals surface area (Å²) in [7, 11) is -0.754. The van der Waals surface area contributed by atoms with E-state index in [4.69, 9.17) is 4.74 Å². The van der Waals surface area contributed by atoms with Crippen LogP contribution in [-0.2, 0) is 20.9 Å². The number of rotatable bonds is 4. The molecule has 0 bridgehead atoms. The molecule has 1 saturated heterocycles. The molecule has 162 valence electrons. The number of hydrogen-bond donors (Lipinski definition) is 0. The SMILES string of the molecule is CN(C)S(=O)(=O)c1ccc(C(=O)N2CCO[C@H](c3ccc(C(F)(F)F)cc3)C2)cc1. The van der Waals surface area contributed by atoms with Crippen molar-refractivity contribution < 1.29 is 31.1 Å². The van der Waals surface area contributed by atoms with E-state index in [1.807, 2.05) is 0 Å². The largest absolute Gasteiger partial charge is 0.416 e. The number of ether oxygens (including phenoxy) is 1. The fourth-order valence-corrected chi connectivity index (χ4v) is 3.99. The normalized spacial score (nSPS) is 17.9. The Balaban J connectivity index is 1.73. The molecule has 1 atom stereocenters. The highest BCUT2D eigenvalue weighted by Gasteiger charge is 2.31. The molecule has 2 aromatic rings. The van der Waals surface area contributed by atoms with Crippen LogP contribution in [0, 0.1) is 0 Å².